The molecule has 0 saturated carbocycles. The molecule has 0 radical (unpaired) electrons. The Kier molecular flexibility index (Phi) is 2.86. The van der Waals surface area contributed by atoms with Crippen molar-refractivity contribution >= 4 is 0 Å². The van der Waals surface area contributed by atoms with Gasteiger partial charge in [0.1, 0.15) is 0 Å². The lowest BCUT2D eigenvalue weighted by Gasteiger charge is -2.02. The number of benzene rings is 1. The van der Waals surface area contributed by atoms with Gasteiger partial charge in [-0.2, -0.15) is 5.10 Å². The summed E-state index contributed by atoms with van der Waals surface area (Å²) in [6.07, 6.45) is 4.08. The van der Waals surface area contributed by atoms with Crippen LogP contribution in [0.25, 0.3) is 5.69 Å². The molecule has 15 heavy (non-hydrogen) atoms. The highest BCUT2D eigenvalue weighted by atomic mass is 15.3. The average Bonchev–Trinajstić information content (AvgIpc) is 2.78. The molecule has 0 saturated heterocycles. The SMILES string of the molecule is CCc1ccc(-n2ccc(CC)n2)cc1. The van der Waals surface area contributed by atoms with Crippen LogP contribution in [-0.2, 0) is 12.8 Å². The molecule has 0 N–H and O–H groups in total. The second-order valence-electron chi connectivity index (χ2n) is 3.63. The summed E-state index contributed by atoms with van der Waals surface area (Å²) < 4.78 is 1.93. The Hall–Kier alpha value is -1.57. The molecule has 0 amide bonds. The van der Waals surface area contributed by atoms with E-state index < -0.39 is 0 Å². The van der Waals surface area contributed by atoms with Gasteiger partial charge in [0.25, 0.3) is 0 Å². The number of aryl methyl sites for hydroxylation is 2. The molecule has 0 unspecified atom stereocenters. The zero-order chi connectivity index (χ0) is 10.7. The van der Waals surface area contributed by atoms with Crippen molar-refractivity contribution in [1.82, 2.24) is 9.78 Å². The van der Waals surface area contributed by atoms with Crippen LogP contribution in [0.1, 0.15) is 25.1 Å². The lowest BCUT2D eigenvalue weighted by Crippen LogP contribution is -1.95. The lowest BCUT2D eigenvalue weighted by molar-refractivity contribution is 0.840. The molecule has 0 fully saturated rings. The van der Waals surface area contributed by atoms with Crippen molar-refractivity contribution in [3.63, 3.8) is 0 Å². The van der Waals surface area contributed by atoms with E-state index in [1.165, 1.54) is 5.56 Å². The maximum absolute atomic E-state index is 4.47. The minimum atomic E-state index is 0.986. The van der Waals surface area contributed by atoms with Crippen LogP contribution in [0, 0.1) is 0 Å². The van der Waals surface area contributed by atoms with Gasteiger partial charge < -0.3 is 0 Å². The Bertz CT molecular complexity index is 426. The van der Waals surface area contributed by atoms with Crippen LogP contribution >= 0.6 is 0 Å². The minimum absolute atomic E-state index is 0.986. The molecule has 2 rings (SSSR count). The van der Waals surface area contributed by atoms with E-state index in [1.807, 2.05) is 10.9 Å². The van der Waals surface area contributed by atoms with Gasteiger partial charge >= 0.3 is 0 Å². The molecule has 2 aromatic rings. The van der Waals surface area contributed by atoms with E-state index in [4.69, 9.17) is 0 Å². The maximum Gasteiger partial charge on any atom is 0.0645 e. The van der Waals surface area contributed by atoms with Crippen molar-refractivity contribution < 1.29 is 0 Å². The van der Waals surface area contributed by atoms with Crippen molar-refractivity contribution in [2.75, 3.05) is 0 Å². The summed E-state index contributed by atoms with van der Waals surface area (Å²) >= 11 is 0. The van der Waals surface area contributed by atoms with Crippen LogP contribution in [0.2, 0.25) is 0 Å². The third kappa shape index (κ3) is 2.09. The van der Waals surface area contributed by atoms with E-state index in [-0.39, 0.29) is 0 Å². The lowest BCUT2D eigenvalue weighted by atomic mass is 10.1. The Morgan fingerprint density at radius 2 is 1.73 bits per heavy atom. The van der Waals surface area contributed by atoms with Gasteiger partial charge in [0.2, 0.25) is 0 Å². The molecule has 0 aliphatic rings. The highest BCUT2D eigenvalue weighted by molar-refractivity contribution is 5.34. The molecule has 1 aromatic heterocycles. The Morgan fingerprint density at radius 1 is 1.00 bits per heavy atom. The summed E-state index contributed by atoms with van der Waals surface area (Å²) in [5.74, 6) is 0. The fraction of sp³-hybridized carbons (Fsp3) is 0.308. The molecule has 0 bridgehead atoms. The van der Waals surface area contributed by atoms with E-state index in [9.17, 15) is 0 Å². The largest absolute Gasteiger partial charge is 0.241 e. The first-order chi connectivity index (χ1) is 7.33. The van der Waals surface area contributed by atoms with Crippen LogP contribution in [-0.4, -0.2) is 9.78 Å². The minimum Gasteiger partial charge on any atom is -0.241 e. The first kappa shape index (κ1) is 9.97. The maximum atomic E-state index is 4.47. The Labute approximate surface area is 90.6 Å². The van der Waals surface area contributed by atoms with Crippen molar-refractivity contribution in [3.8, 4) is 5.69 Å². The number of nitrogens with zero attached hydrogens (tertiary/aromatic N) is 2. The monoisotopic (exact) mass is 200 g/mol. The molecule has 0 spiro atoms. The second kappa shape index (κ2) is 4.30. The van der Waals surface area contributed by atoms with Crippen LogP contribution in [0.4, 0.5) is 0 Å². The van der Waals surface area contributed by atoms with Gasteiger partial charge in [-0.3, -0.25) is 0 Å². The first-order valence-electron chi connectivity index (χ1n) is 5.47. The number of hydrogen-bond donors (Lipinski definition) is 0. The van der Waals surface area contributed by atoms with E-state index in [0.717, 1.165) is 24.2 Å². The fourth-order valence-electron chi connectivity index (χ4n) is 1.58. The van der Waals surface area contributed by atoms with Gasteiger partial charge in [0, 0.05) is 6.20 Å². The third-order valence-electron chi connectivity index (χ3n) is 2.62. The predicted octanol–water partition coefficient (Wildman–Crippen LogP) is 3.00. The predicted molar refractivity (Wildman–Crippen MR) is 62.3 cm³/mol. The average molecular weight is 200 g/mol. The quantitative estimate of drug-likeness (QED) is 0.744. The van der Waals surface area contributed by atoms with Gasteiger partial charge in [-0.05, 0) is 36.6 Å². The standard InChI is InChI=1S/C13H16N2/c1-3-11-5-7-13(8-6-11)15-10-9-12(4-2)14-15/h5-10H,3-4H2,1-2H3. The molecule has 1 heterocycles. The van der Waals surface area contributed by atoms with Gasteiger partial charge in [-0.1, -0.05) is 26.0 Å². The van der Waals surface area contributed by atoms with E-state index >= 15 is 0 Å². The van der Waals surface area contributed by atoms with Crippen molar-refractivity contribution in [3.05, 3.63) is 47.8 Å². The summed E-state index contributed by atoms with van der Waals surface area (Å²) in [6, 6.07) is 10.6. The molecule has 78 valence electrons. The Morgan fingerprint density at radius 3 is 2.27 bits per heavy atom. The zero-order valence-electron chi connectivity index (χ0n) is 9.27. The summed E-state index contributed by atoms with van der Waals surface area (Å²) in [4.78, 5) is 0. The molecule has 2 nitrogen and oxygen atoms in total. The molecule has 0 aliphatic heterocycles. The molecule has 0 aliphatic carbocycles. The smallest absolute Gasteiger partial charge is 0.0645 e. The summed E-state index contributed by atoms with van der Waals surface area (Å²) in [5, 5.41) is 4.47. The second-order valence-corrected chi connectivity index (χ2v) is 3.63. The van der Waals surface area contributed by atoms with Gasteiger partial charge in [0.15, 0.2) is 0 Å². The molecule has 1 aromatic carbocycles. The fourth-order valence-corrected chi connectivity index (χ4v) is 1.58. The summed E-state index contributed by atoms with van der Waals surface area (Å²) in [7, 11) is 0. The van der Waals surface area contributed by atoms with Crippen molar-refractivity contribution in [2.45, 2.75) is 26.7 Å². The van der Waals surface area contributed by atoms with Crippen molar-refractivity contribution in [2.24, 2.45) is 0 Å². The van der Waals surface area contributed by atoms with Gasteiger partial charge in [-0.15, -0.1) is 0 Å². The molecular formula is C13H16N2. The van der Waals surface area contributed by atoms with Crippen LogP contribution in [0.15, 0.2) is 36.5 Å². The Balaban J connectivity index is 2.28. The third-order valence-corrected chi connectivity index (χ3v) is 2.62. The van der Waals surface area contributed by atoms with Crippen LogP contribution in [0.5, 0.6) is 0 Å². The van der Waals surface area contributed by atoms with Crippen LogP contribution < -0.4 is 0 Å². The number of rotatable bonds is 3. The topological polar surface area (TPSA) is 17.8 Å². The highest BCUT2D eigenvalue weighted by Gasteiger charge is 1.99. The first-order valence-corrected chi connectivity index (χ1v) is 5.47. The highest BCUT2D eigenvalue weighted by Crippen LogP contribution is 2.10. The number of aromatic nitrogens is 2. The normalized spacial score (nSPS) is 10.5. The van der Waals surface area contributed by atoms with E-state index in [2.05, 4.69) is 49.3 Å². The van der Waals surface area contributed by atoms with E-state index in [1.54, 1.807) is 0 Å². The van der Waals surface area contributed by atoms with Crippen molar-refractivity contribution in [1.29, 1.82) is 0 Å². The zero-order valence-corrected chi connectivity index (χ0v) is 9.27. The summed E-state index contributed by atoms with van der Waals surface area (Å²) in [6.45, 7) is 4.28. The molecular weight excluding hydrogens is 184 g/mol. The van der Waals surface area contributed by atoms with Gasteiger partial charge in [-0.25, -0.2) is 4.68 Å². The van der Waals surface area contributed by atoms with Gasteiger partial charge in [0.05, 0.1) is 11.4 Å². The molecule has 0 atom stereocenters. The molecule has 2 heteroatoms. The number of hydrogen-bond acceptors (Lipinski definition) is 1. The van der Waals surface area contributed by atoms with E-state index in [0.29, 0.717) is 0 Å². The summed E-state index contributed by atoms with van der Waals surface area (Å²) in [5.41, 5.74) is 3.63. The van der Waals surface area contributed by atoms with Crippen LogP contribution in [0.3, 0.4) is 0 Å².